The molecule has 1 aliphatic rings. The highest BCUT2D eigenvalue weighted by Gasteiger charge is 2.53. The lowest BCUT2D eigenvalue weighted by Crippen LogP contribution is -2.31. The second kappa shape index (κ2) is 7.09. The van der Waals surface area contributed by atoms with Gasteiger partial charge in [0.25, 0.3) is 0 Å². The molecular weight excluding hydrogens is 304 g/mol. The summed E-state index contributed by atoms with van der Waals surface area (Å²) in [6.45, 7) is 4.26. The van der Waals surface area contributed by atoms with Crippen molar-refractivity contribution >= 4 is 17.5 Å². The number of halogens is 1. The van der Waals surface area contributed by atoms with E-state index in [9.17, 15) is 14.9 Å². The number of amides is 1. The molecule has 1 saturated carbocycles. The Morgan fingerprint density at radius 3 is 2.50 bits per heavy atom. The van der Waals surface area contributed by atoms with Gasteiger partial charge in [0.05, 0.1) is 6.04 Å². The number of carbonyl (C=O) groups excluding carboxylic acids is 1. The smallest absolute Gasteiger partial charge is 0.230 e. The lowest BCUT2D eigenvalue weighted by molar-refractivity contribution is -0.497. The number of hydrogen-bond acceptors (Lipinski definition) is 3. The zero-order valence-electron chi connectivity index (χ0n) is 12.8. The van der Waals surface area contributed by atoms with Crippen LogP contribution >= 0.6 is 11.6 Å². The third kappa shape index (κ3) is 4.44. The normalized spacial score (nSPS) is 21.5. The molecule has 22 heavy (non-hydrogen) atoms. The first-order valence-electron chi connectivity index (χ1n) is 7.57. The molecule has 120 valence electrons. The summed E-state index contributed by atoms with van der Waals surface area (Å²) >= 11 is 5.90. The molecule has 0 saturated heterocycles. The van der Waals surface area contributed by atoms with E-state index in [1.807, 2.05) is 12.1 Å². The van der Waals surface area contributed by atoms with Crippen LogP contribution in [0.3, 0.4) is 0 Å². The van der Waals surface area contributed by atoms with Crippen LogP contribution in [0.2, 0.25) is 5.02 Å². The zero-order valence-corrected chi connectivity index (χ0v) is 13.5. The minimum Gasteiger partial charge on any atom is -0.349 e. The average molecular weight is 325 g/mol. The van der Waals surface area contributed by atoms with Crippen LogP contribution in [0.4, 0.5) is 0 Å². The van der Waals surface area contributed by atoms with E-state index in [0.717, 1.165) is 18.4 Å². The van der Waals surface area contributed by atoms with Crippen LogP contribution in [0.1, 0.15) is 44.7 Å². The van der Waals surface area contributed by atoms with Gasteiger partial charge >= 0.3 is 0 Å². The predicted molar refractivity (Wildman–Crippen MR) is 85.3 cm³/mol. The molecule has 0 aromatic heterocycles. The first-order valence-corrected chi connectivity index (χ1v) is 7.95. The summed E-state index contributed by atoms with van der Waals surface area (Å²) in [5.74, 6) is -0.173. The summed E-state index contributed by atoms with van der Waals surface area (Å²) in [4.78, 5) is 22.5. The second-order valence-corrected chi connectivity index (χ2v) is 6.72. The van der Waals surface area contributed by atoms with Gasteiger partial charge < -0.3 is 5.32 Å². The van der Waals surface area contributed by atoms with E-state index in [4.69, 9.17) is 11.6 Å². The van der Waals surface area contributed by atoms with E-state index >= 15 is 0 Å². The lowest BCUT2D eigenvalue weighted by atomic mass is 9.97. The summed E-state index contributed by atoms with van der Waals surface area (Å²) in [7, 11) is 0. The summed E-state index contributed by atoms with van der Waals surface area (Å²) in [5.41, 5.74) is 0.983. The van der Waals surface area contributed by atoms with Gasteiger partial charge in [-0.1, -0.05) is 37.6 Å². The molecule has 3 atom stereocenters. The number of hydrogen-bond donors (Lipinski definition) is 1. The van der Waals surface area contributed by atoms with Gasteiger partial charge in [0.15, 0.2) is 0 Å². The highest BCUT2D eigenvalue weighted by Crippen LogP contribution is 2.34. The van der Waals surface area contributed by atoms with Crippen molar-refractivity contribution in [1.29, 1.82) is 0 Å². The molecule has 1 aromatic rings. The number of carbonyl (C=O) groups is 1. The van der Waals surface area contributed by atoms with Gasteiger partial charge in [-0.3, -0.25) is 14.9 Å². The van der Waals surface area contributed by atoms with Crippen LogP contribution < -0.4 is 5.32 Å². The maximum absolute atomic E-state index is 12.2. The molecule has 1 aromatic carbocycles. The topological polar surface area (TPSA) is 72.2 Å². The molecule has 0 aliphatic heterocycles. The molecule has 1 amide bonds. The second-order valence-electron chi connectivity index (χ2n) is 6.28. The van der Waals surface area contributed by atoms with Gasteiger partial charge in [-0.25, -0.2) is 0 Å². The molecule has 1 aliphatic carbocycles. The Bertz CT molecular complexity index is 545. The fourth-order valence-corrected chi connectivity index (χ4v) is 2.62. The van der Waals surface area contributed by atoms with E-state index in [0.29, 0.717) is 17.4 Å². The SMILES string of the molecule is CC(C)CCC(NC(=O)C1CC1[N+](=O)[O-])c1ccc(Cl)cc1. The van der Waals surface area contributed by atoms with Crippen molar-refractivity contribution in [3.8, 4) is 0 Å². The first-order chi connectivity index (χ1) is 10.4. The first kappa shape index (κ1) is 16.7. The summed E-state index contributed by atoms with van der Waals surface area (Å²) in [6, 6.07) is 6.54. The fourth-order valence-electron chi connectivity index (χ4n) is 2.49. The molecule has 1 N–H and O–H groups in total. The quantitative estimate of drug-likeness (QED) is 0.615. The minimum atomic E-state index is -0.712. The van der Waals surface area contributed by atoms with Crippen molar-refractivity contribution in [3.63, 3.8) is 0 Å². The van der Waals surface area contributed by atoms with Gasteiger partial charge in [0.1, 0.15) is 5.92 Å². The monoisotopic (exact) mass is 324 g/mol. The fraction of sp³-hybridized carbons (Fsp3) is 0.562. The van der Waals surface area contributed by atoms with E-state index in [2.05, 4.69) is 19.2 Å². The van der Waals surface area contributed by atoms with Gasteiger partial charge in [0, 0.05) is 16.4 Å². The largest absolute Gasteiger partial charge is 0.349 e. The van der Waals surface area contributed by atoms with Gasteiger partial charge in [-0.05, 0) is 36.5 Å². The Hall–Kier alpha value is -1.62. The number of benzene rings is 1. The van der Waals surface area contributed by atoms with Gasteiger partial charge in [-0.15, -0.1) is 0 Å². The summed E-state index contributed by atoms with van der Waals surface area (Å²) in [5, 5.41) is 14.3. The third-order valence-corrected chi connectivity index (χ3v) is 4.24. The van der Waals surface area contributed by atoms with Crippen molar-refractivity contribution in [1.82, 2.24) is 5.32 Å². The van der Waals surface area contributed by atoms with Crippen molar-refractivity contribution in [2.45, 2.75) is 45.2 Å². The highest BCUT2D eigenvalue weighted by atomic mass is 35.5. The molecule has 2 rings (SSSR count). The number of nitro groups is 1. The van der Waals surface area contributed by atoms with E-state index in [-0.39, 0.29) is 16.9 Å². The zero-order chi connectivity index (χ0) is 16.3. The molecule has 0 spiro atoms. The van der Waals surface area contributed by atoms with Crippen LogP contribution in [-0.2, 0) is 4.79 Å². The highest BCUT2D eigenvalue weighted by molar-refractivity contribution is 6.30. The Morgan fingerprint density at radius 1 is 1.36 bits per heavy atom. The predicted octanol–water partition coefficient (Wildman–Crippen LogP) is 3.60. The molecule has 0 radical (unpaired) electrons. The van der Waals surface area contributed by atoms with Crippen molar-refractivity contribution in [2.75, 3.05) is 0 Å². The van der Waals surface area contributed by atoms with Crippen molar-refractivity contribution in [2.24, 2.45) is 11.8 Å². The molecule has 3 unspecified atom stereocenters. The van der Waals surface area contributed by atoms with Crippen molar-refractivity contribution < 1.29 is 9.72 Å². The Morgan fingerprint density at radius 2 is 2.00 bits per heavy atom. The Labute approximate surface area is 135 Å². The Balaban J connectivity index is 2.03. The lowest BCUT2D eigenvalue weighted by Gasteiger charge is -2.20. The summed E-state index contributed by atoms with van der Waals surface area (Å²) < 4.78 is 0. The van der Waals surface area contributed by atoms with Crippen molar-refractivity contribution in [3.05, 3.63) is 45.0 Å². The summed E-state index contributed by atoms with van der Waals surface area (Å²) in [6.07, 6.45) is 2.12. The van der Waals surface area contributed by atoms with Crippen LogP contribution in [0.25, 0.3) is 0 Å². The number of nitrogens with one attached hydrogen (secondary N) is 1. The molecule has 1 fully saturated rings. The van der Waals surface area contributed by atoms with Crippen LogP contribution in [-0.4, -0.2) is 16.9 Å². The van der Waals surface area contributed by atoms with Crippen LogP contribution in [0, 0.1) is 22.0 Å². The van der Waals surface area contributed by atoms with Crippen LogP contribution in [0.5, 0.6) is 0 Å². The minimum absolute atomic E-state index is 0.125. The van der Waals surface area contributed by atoms with Gasteiger partial charge in [0.2, 0.25) is 11.9 Å². The van der Waals surface area contributed by atoms with Crippen LogP contribution in [0.15, 0.2) is 24.3 Å². The number of nitrogens with zero attached hydrogens (tertiary/aromatic N) is 1. The third-order valence-electron chi connectivity index (χ3n) is 3.99. The van der Waals surface area contributed by atoms with E-state index in [1.54, 1.807) is 12.1 Å². The molecule has 0 bridgehead atoms. The van der Waals surface area contributed by atoms with E-state index < -0.39 is 12.0 Å². The average Bonchev–Trinajstić information content (AvgIpc) is 3.24. The number of rotatable bonds is 7. The molecule has 0 heterocycles. The Kier molecular flexibility index (Phi) is 5.40. The molecule has 6 heteroatoms. The standard InChI is InChI=1S/C16H21ClN2O3/c1-10(2)3-8-14(11-4-6-12(17)7-5-11)18-16(20)13-9-15(13)19(21)22/h4-7,10,13-15H,3,8-9H2,1-2H3,(H,18,20). The molecular formula is C16H21ClN2O3. The maximum Gasteiger partial charge on any atom is 0.230 e. The van der Waals surface area contributed by atoms with Gasteiger partial charge in [-0.2, -0.15) is 0 Å². The maximum atomic E-state index is 12.2. The molecule has 5 nitrogen and oxygen atoms in total. The van der Waals surface area contributed by atoms with E-state index in [1.165, 1.54) is 0 Å².